The van der Waals surface area contributed by atoms with Crippen molar-refractivity contribution in [3.8, 4) is 22.3 Å². The third-order valence-electron chi connectivity index (χ3n) is 12.0. The van der Waals surface area contributed by atoms with Gasteiger partial charge in [0.1, 0.15) is 0 Å². The molecule has 2 heteroatoms. The van der Waals surface area contributed by atoms with E-state index in [1.54, 1.807) is 16.7 Å². The molecular formula is C47H50SiZr. The Bertz CT molecular complexity index is 2390. The molecule has 2 aliphatic carbocycles. The maximum absolute atomic E-state index is 3.81. The van der Waals surface area contributed by atoms with Crippen LogP contribution in [0.2, 0.25) is 9.26 Å². The normalized spacial score (nSPS) is 16.5. The van der Waals surface area contributed by atoms with Crippen LogP contribution in [-0.2, 0) is 28.2 Å². The molecule has 0 saturated heterocycles. The number of hydrogen-bond acceptors (Lipinski definition) is 0. The molecule has 0 bridgehead atoms. The van der Waals surface area contributed by atoms with Crippen LogP contribution in [0, 0.1) is 0 Å². The Kier molecular flexibility index (Phi) is 7.27. The van der Waals surface area contributed by atoms with Crippen molar-refractivity contribution in [1.29, 1.82) is 0 Å². The molecule has 0 aromatic heterocycles. The van der Waals surface area contributed by atoms with E-state index in [9.17, 15) is 0 Å². The molecule has 0 N–H and O–H groups in total. The average molecular weight is 734 g/mol. The van der Waals surface area contributed by atoms with Gasteiger partial charge in [0.15, 0.2) is 0 Å². The second-order valence-electron chi connectivity index (χ2n) is 18.3. The van der Waals surface area contributed by atoms with Crippen LogP contribution < -0.4 is 0 Å². The van der Waals surface area contributed by atoms with Crippen molar-refractivity contribution in [1.82, 2.24) is 0 Å². The molecule has 0 nitrogen and oxygen atoms in total. The number of benzene rings is 6. The number of hydrogen-bond donors (Lipinski definition) is 0. The van der Waals surface area contributed by atoms with E-state index in [1.807, 2.05) is 0 Å². The van der Waals surface area contributed by atoms with Crippen molar-refractivity contribution in [2.75, 3.05) is 0 Å². The summed E-state index contributed by atoms with van der Waals surface area (Å²) in [5.74, 6) is 0. The van der Waals surface area contributed by atoms with Gasteiger partial charge in [0.05, 0.1) is 0 Å². The molecule has 246 valence electrons. The second kappa shape index (κ2) is 10.8. The molecule has 8 rings (SSSR count). The van der Waals surface area contributed by atoms with E-state index in [0.717, 1.165) is 0 Å². The summed E-state index contributed by atoms with van der Waals surface area (Å²) in [6, 6.07) is 42.4. The Balaban J connectivity index is 1.36. The molecule has 6 aromatic carbocycles. The van der Waals surface area contributed by atoms with Crippen LogP contribution in [0.5, 0.6) is 0 Å². The molecule has 0 amide bonds. The second-order valence-corrected chi connectivity index (χ2v) is 48.8. The molecule has 6 aromatic rings. The Labute approximate surface area is 296 Å². The molecule has 49 heavy (non-hydrogen) atoms. The Hall–Kier alpha value is -3.32. The molecule has 1 atom stereocenters. The minimum atomic E-state index is -3.81. The summed E-state index contributed by atoms with van der Waals surface area (Å²) in [6.45, 7) is 19.0. The predicted molar refractivity (Wildman–Crippen MR) is 215 cm³/mol. The van der Waals surface area contributed by atoms with Crippen LogP contribution in [0.1, 0.15) is 89.1 Å². The molecule has 0 radical (unpaired) electrons. The standard InChI is InChI=1S/C24H17.C21H25.2CH3.H2Si.Zr/c1-16-13-14-17-8-6-12-22(24(16)17)23-15-18-7-2-3-9-19(18)20-10-4-5-11-21(20)23;1-20(2,3)16-7-9-18-14(12-16)11-15-13-17(21(4,5)6)8-10-19(15)18;;;;/h2-15H,1H3;7-13H,1-6H3;2*1H3;1H2;. The van der Waals surface area contributed by atoms with Gasteiger partial charge < -0.3 is 0 Å². The summed E-state index contributed by atoms with van der Waals surface area (Å²) in [7, 11) is 0. The molecule has 0 heterocycles. The van der Waals surface area contributed by atoms with Crippen molar-refractivity contribution in [2.24, 2.45) is 0 Å². The van der Waals surface area contributed by atoms with Gasteiger partial charge >= 0.3 is 298 Å². The Morgan fingerprint density at radius 1 is 0.531 bits per heavy atom. The van der Waals surface area contributed by atoms with Gasteiger partial charge in [-0.3, -0.25) is 0 Å². The van der Waals surface area contributed by atoms with Gasteiger partial charge in [0.25, 0.3) is 0 Å². The van der Waals surface area contributed by atoms with Gasteiger partial charge in [-0.15, -0.1) is 0 Å². The van der Waals surface area contributed by atoms with Gasteiger partial charge in [-0.2, -0.15) is 0 Å². The van der Waals surface area contributed by atoms with E-state index in [4.69, 9.17) is 0 Å². The molecule has 0 aliphatic heterocycles. The summed E-state index contributed by atoms with van der Waals surface area (Å²) in [4.78, 5) is 0. The Morgan fingerprint density at radius 2 is 1.08 bits per heavy atom. The fourth-order valence-electron chi connectivity index (χ4n) is 9.37. The zero-order valence-electron chi connectivity index (χ0n) is 30.8. The van der Waals surface area contributed by atoms with Crippen molar-refractivity contribution in [2.45, 2.75) is 75.8 Å². The topological polar surface area (TPSA) is 0 Å². The molecule has 1 unspecified atom stereocenters. The molecule has 2 aliphatic rings. The van der Waals surface area contributed by atoms with E-state index >= 15 is 0 Å². The van der Waals surface area contributed by atoms with Gasteiger partial charge in [0.2, 0.25) is 0 Å². The summed E-state index contributed by atoms with van der Waals surface area (Å²) in [5, 5.41) is 5.31. The third-order valence-corrected chi connectivity index (χ3v) is 29.4. The fourth-order valence-corrected chi connectivity index (χ4v) is 26.1. The first-order chi connectivity index (χ1) is 23.0. The van der Waals surface area contributed by atoms with E-state index in [1.165, 1.54) is 66.1 Å². The number of fused-ring (bicyclic) bond motifs is 7. The van der Waals surface area contributed by atoms with Crippen molar-refractivity contribution >= 4 is 34.0 Å². The van der Waals surface area contributed by atoms with Crippen LogP contribution in [0.25, 0.3) is 49.4 Å². The zero-order valence-corrected chi connectivity index (χ0v) is 34.7. The first-order valence-corrected chi connectivity index (χ1v) is 31.8. The Morgan fingerprint density at radius 3 is 1.67 bits per heavy atom. The van der Waals surface area contributed by atoms with E-state index in [2.05, 4.69) is 180 Å². The summed E-state index contributed by atoms with van der Waals surface area (Å²) in [6.07, 6.45) is 2.70. The van der Waals surface area contributed by atoms with Crippen molar-refractivity contribution in [3.63, 3.8) is 0 Å². The van der Waals surface area contributed by atoms with E-state index in [0.29, 0.717) is 7.25 Å². The summed E-state index contributed by atoms with van der Waals surface area (Å²) in [5.41, 5.74) is 16.3. The molecular weight excluding hydrogens is 684 g/mol. The van der Waals surface area contributed by atoms with E-state index < -0.39 is 17.4 Å². The predicted octanol–water partition coefficient (Wildman–Crippen LogP) is 12.8. The summed E-state index contributed by atoms with van der Waals surface area (Å²) >= 11 is -3.81. The van der Waals surface area contributed by atoms with Gasteiger partial charge in [0, 0.05) is 0 Å². The van der Waals surface area contributed by atoms with Crippen molar-refractivity contribution < 1.29 is 17.4 Å². The summed E-state index contributed by atoms with van der Waals surface area (Å²) < 4.78 is 6.44. The monoisotopic (exact) mass is 732 g/mol. The van der Waals surface area contributed by atoms with Gasteiger partial charge in [-0.05, 0) is 0 Å². The van der Waals surface area contributed by atoms with Crippen LogP contribution in [0.3, 0.4) is 0 Å². The van der Waals surface area contributed by atoms with Crippen LogP contribution in [0.15, 0.2) is 115 Å². The first-order valence-electron chi connectivity index (χ1n) is 18.1. The van der Waals surface area contributed by atoms with Crippen LogP contribution >= 0.6 is 0 Å². The minimum absolute atomic E-state index is 0.0989. The van der Waals surface area contributed by atoms with Crippen LogP contribution in [0.4, 0.5) is 0 Å². The zero-order chi connectivity index (χ0) is 34.7. The van der Waals surface area contributed by atoms with E-state index in [-0.39, 0.29) is 10.8 Å². The van der Waals surface area contributed by atoms with Gasteiger partial charge in [-0.1, -0.05) is 0 Å². The van der Waals surface area contributed by atoms with Gasteiger partial charge in [-0.25, -0.2) is 0 Å². The number of rotatable bonds is 3. The molecule has 0 saturated carbocycles. The average Bonchev–Trinajstić information content (AvgIpc) is 3.59. The number of allylic oxidation sites excluding steroid dienone is 2. The van der Waals surface area contributed by atoms with Crippen LogP contribution in [-0.4, -0.2) is 6.88 Å². The molecule has 0 spiro atoms. The third kappa shape index (κ3) is 5.07. The SMILES string of the molecule is CC1=C[CH]([Zr]([CH3])([CH3])(=[SiH2])[CH]2c3cc(C(C)(C)C)ccc3-c3ccc(C(C)(C)C)cc32)c2cccc(-c3cc4ccccc4c4ccccc34)c21. The quantitative estimate of drug-likeness (QED) is 0.125. The molecule has 0 fully saturated rings. The first kappa shape index (κ1) is 32.9. The maximum atomic E-state index is 2.78. The fraction of sp³-hybridized carbons (Fsp3) is 0.277. The van der Waals surface area contributed by atoms with Crippen molar-refractivity contribution in [3.05, 3.63) is 149 Å².